The van der Waals surface area contributed by atoms with E-state index in [0.717, 1.165) is 128 Å². The zero-order valence-electron chi connectivity index (χ0n) is 30.3. The van der Waals surface area contributed by atoms with Gasteiger partial charge in [-0.05, 0) is 51.4 Å². The number of esters is 3. The van der Waals surface area contributed by atoms with Crippen molar-refractivity contribution in [1.82, 2.24) is 0 Å². The number of carbonyl (C=O) groups is 3. The molecule has 0 bridgehead atoms. The van der Waals surface area contributed by atoms with Crippen LogP contribution < -0.4 is 0 Å². The molecular weight excluding hydrogens is 564 g/mol. The lowest BCUT2D eigenvalue weighted by atomic mass is 9.99. The topological polar surface area (TPSA) is 78.9 Å². The first-order valence-electron chi connectivity index (χ1n) is 19.5. The smallest absolute Gasteiger partial charge is 0.306 e. The highest BCUT2D eigenvalue weighted by atomic mass is 16.6. The van der Waals surface area contributed by atoms with Gasteiger partial charge in [0.1, 0.15) is 12.2 Å². The highest BCUT2D eigenvalue weighted by molar-refractivity contribution is 5.70. The predicted octanol–water partition coefficient (Wildman–Crippen LogP) is 11.7. The molecule has 2 unspecified atom stereocenters. The Morgan fingerprint density at radius 1 is 0.378 bits per heavy atom. The minimum absolute atomic E-state index is 0.0609. The van der Waals surface area contributed by atoms with E-state index in [0.29, 0.717) is 25.9 Å². The summed E-state index contributed by atoms with van der Waals surface area (Å²) >= 11 is 0. The lowest BCUT2D eigenvalue weighted by molar-refractivity contribution is -0.169. The molecule has 0 saturated heterocycles. The van der Waals surface area contributed by atoms with Crippen LogP contribution in [0, 0.1) is 0 Å². The highest BCUT2D eigenvalue weighted by Gasteiger charge is 2.28. The maximum absolute atomic E-state index is 12.9. The van der Waals surface area contributed by atoms with Crippen LogP contribution >= 0.6 is 0 Å². The average molecular weight is 639 g/mol. The highest BCUT2D eigenvalue weighted by Crippen LogP contribution is 2.22. The van der Waals surface area contributed by atoms with Crippen LogP contribution in [0.3, 0.4) is 0 Å². The predicted molar refractivity (Wildman–Crippen MR) is 187 cm³/mol. The van der Waals surface area contributed by atoms with Gasteiger partial charge < -0.3 is 14.2 Å². The van der Waals surface area contributed by atoms with Gasteiger partial charge in [0.2, 0.25) is 0 Å². The quantitative estimate of drug-likeness (QED) is 0.0396. The second-order valence-electron chi connectivity index (χ2n) is 13.2. The van der Waals surface area contributed by atoms with Crippen molar-refractivity contribution < 1.29 is 28.6 Å². The normalized spacial score (nSPS) is 12.5. The van der Waals surface area contributed by atoms with Gasteiger partial charge in [-0.2, -0.15) is 0 Å². The van der Waals surface area contributed by atoms with Crippen LogP contribution in [0.5, 0.6) is 0 Å². The molecule has 0 saturated carbocycles. The standard InChI is InChI=1S/C39H74O6/c1-5-9-13-17-20-23-29-35(44-38(41)32-26-15-11-7-3)36(45-39(42)33-27-16-12-8-4)30-24-21-18-19-22-28-34-43-37(40)31-25-14-10-6-2/h35-36H,5-34H2,1-4H3. The number of rotatable bonds is 34. The van der Waals surface area contributed by atoms with Crippen molar-refractivity contribution in [2.24, 2.45) is 0 Å². The van der Waals surface area contributed by atoms with E-state index in [1.54, 1.807) is 0 Å². The van der Waals surface area contributed by atoms with E-state index in [1.165, 1.54) is 38.5 Å². The maximum atomic E-state index is 12.9. The molecule has 0 aromatic heterocycles. The van der Waals surface area contributed by atoms with Crippen LogP contribution in [-0.2, 0) is 28.6 Å². The molecule has 0 N–H and O–H groups in total. The van der Waals surface area contributed by atoms with Crippen LogP contribution in [0.4, 0.5) is 0 Å². The fraction of sp³-hybridized carbons (Fsp3) is 0.923. The third-order valence-corrected chi connectivity index (χ3v) is 8.67. The van der Waals surface area contributed by atoms with Gasteiger partial charge >= 0.3 is 17.9 Å². The Hall–Kier alpha value is -1.59. The van der Waals surface area contributed by atoms with Gasteiger partial charge in [0.05, 0.1) is 6.61 Å². The second kappa shape index (κ2) is 33.8. The van der Waals surface area contributed by atoms with E-state index in [9.17, 15) is 14.4 Å². The van der Waals surface area contributed by atoms with Gasteiger partial charge in [-0.3, -0.25) is 14.4 Å². The number of unbranched alkanes of at least 4 members (excludes halogenated alkanes) is 19. The number of hydrogen-bond acceptors (Lipinski definition) is 6. The molecule has 6 heteroatoms. The van der Waals surface area contributed by atoms with E-state index in [1.807, 2.05) is 0 Å². The Morgan fingerprint density at radius 2 is 0.689 bits per heavy atom. The first-order valence-corrected chi connectivity index (χ1v) is 19.5. The van der Waals surface area contributed by atoms with Crippen LogP contribution in [0.2, 0.25) is 0 Å². The van der Waals surface area contributed by atoms with E-state index >= 15 is 0 Å². The summed E-state index contributed by atoms with van der Waals surface area (Å²) in [5.74, 6) is -0.357. The van der Waals surface area contributed by atoms with E-state index in [2.05, 4.69) is 27.7 Å². The summed E-state index contributed by atoms with van der Waals surface area (Å²) in [5, 5.41) is 0. The Bertz CT molecular complexity index is 678. The molecule has 0 amide bonds. The summed E-state index contributed by atoms with van der Waals surface area (Å²) in [6.45, 7) is 9.26. The minimum atomic E-state index is -0.365. The molecule has 0 aromatic rings. The number of ether oxygens (including phenoxy) is 3. The van der Waals surface area contributed by atoms with Crippen molar-refractivity contribution in [2.75, 3.05) is 6.61 Å². The number of hydrogen-bond donors (Lipinski definition) is 0. The molecule has 0 aromatic carbocycles. The van der Waals surface area contributed by atoms with Crippen LogP contribution in [-0.4, -0.2) is 36.7 Å². The van der Waals surface area contributed by atoms with Gasteiger partial charge in [0, 0.05) is 19.3 Å². The molecule has 0 radical (unpaired) electrons. The monoisotopic (exact) mass is 639 g/mol. The van der Waals surface area contributed by atoms with Crippen LogP contribution in [0.1, 0.15) is 214 Å². The Morgan fingerprint density at radius 3 is 1.09 bits per heavy atom. The summed E-state index contributed by atoms with van der Waals surface area (Å²) < 4.78 is 17.6. The van der Waals surface area contributed by atoms with E-state index in [4.69, 9.17) is 14.2 Å². The third-order valence-electron chi connectivity index (χ3n) is 8.67. The van der Waals surface area contributed by atoms with Crippen LogP contribution in [0.15, 0.2) is 0 Å². The zero-order valence-corrected chi connectivity index (χ0v) is 30.3. The molecule has 0 aliphatic heterocycles. The summed E-state index contributed by atoms with van der Waals surface area (Å²) in [4.78, 5) is 37.6. The van der Waals surface area contributed by atoms with Gasteiger partial charge in [-0.25, -0.2) is 0 Å². The molecule has 2 atom stereocenters. The lowest BCUT2D eigenvalue weighted by Crippen LogP contribution is -2.35. The second-order valence-corrected chi connectivity index (χ2v) is 13.2. The Labute approximate surface area is 278 Å². The van der Waals surface area contributed by atoms with Crippen LogP contribution in [0.25, 0.3) is 0 Å². The Balaban J connectivity index is 4.86. The Kier molecular flexibility index (Phi) is 32.6. The van der Waals surface area contributed by atoms with Crippen molar-refractivity contribution >= 4 is 17.9 Å². The van der Waals surface area contributed by atoms with Gasteiger partial charge in [-0.1, -0.05) is 143 Å². The first-order chi connectivity index (χ1) is 22.0. The number of carbonyl (C=O) groups excluding carboxylic acids is 3. The molecular formula is C39H74O6. The first kappa shape index (κ1) is 43.4. The average Bonchev–Trinajstić information content (AvgIpc) is 3.03. The molecule has 0 fully saturated rings. The lowest BCUT2D eigenvalue weighted by Gasteiger charge is -2.27. The molecule has 0 spiro atoms. The summed E-state index contributed by atoms with van der Waals surface area (Å²) in [5.41, 5.74) is 0. The fourth-order valence-corrected chi connectivity index (χ4v) is 5.72. The maximum Gasteiger partial charge on any atom is 0.306 e. The molecule has 45 heavy (non-hydrogen) atoms. The fourth-order valence-electron chi connectivity index (χ4n) is 5.72. The largest absolute Gasteiger partial charge is 0.466 e. The van der Waals surface area contributed by atoms with Crippen molar-refractivity contribution in [3.05, 3.63) is 0 Å². The van der Waals surface area contributed by atoms with E-state index < -0.39 is 0 Å². The molecule has 0 rings (SSSR count). The minimum Gasteiger partial charge on any atom is -0.466 e. The van der Waals surface area contributed by atoms with Crippen molar-refractivity contribution in [3.8, 4) is 0 Å². The summed E-state index contributed by atoms with van der Waals surface area (Å²) in [6, 6.07) is 0. The van der Waals surface area contributed by atoms with Gasteiger partial charge in [-0.15, -0.1) is 0 Å². The van der Waals surface area contributed by atoms with E-state index in [-0.39, 0.29) is 30.1 Å². The molecule has 0 aliphatic carbocycles. The third kappa shape index (κ3) is 29.6. The van der Waals surface area contributed by atoms with Gasteiger partial charge in [0.15, 0.2) is 0 Å². The summed E-state index contributed by atoms with van der Waals surface area (Å²) in [7, 11) is 0. The van der Waals surface area contributed by atoms with Crippen molar-refractivity contribution in [3.63, 3.8) is 0 Å². The van der Waals surface area contributed by atoms with Crippen molar-refractivity contribution in [1.29, 1.82) is 0 Å². The molecule has 0 aliphatic rings. The van der Waals surface area contributed by atoms with Gasteiger partial charge in [0.25, 0.3) is 0 Å². The van der Waals surface area contributed by atoms with Crippen molar-refractivity contribution in [2.45, 2.75) is 226 Å². The molecule has 266 valence electrons. The molecule has 0 heterocycles. The molecule has 6 nitrogen and oxygen atoms in total. The zero-order chi connectivity index (χ0) is 33.2. The SMILES string of the molecule is CCCCCCCCC(OC(=O)CCCCCC)C(CCCCCCCCOC(=O)CCCCCC)OC(=O)CCCCCC. The summed E-state index contributed by atoms with van der Waals surface area (Å²) in [6.07, 6.45) is 28.1.